The number of likely N-dealkylation sites (tertiary alicyclic amines) is 1. The van der Waals surface area contributed by atoms with E-state index < -0.39 is 0 Å². The highest BCUT2D eigenvalue weighted by atomic mass is 16.4. The van der Waals surface area contributed by atoms with E-state index in [4.69, 9.17) is 4.42 Å². The molecule has 0 spiro atoms. The zero-order valence-electron chi connectivity index (χ0n) is 13.7. The number of hydrogen-bond acceptors (Lipinski definition) is 4. The molecule has 1 aromatic carbocycles. The molecule has 0 bridgehead atoms. The zero-order valence-corrected chi connectivity index (χ0v) is 13.7. The molecule has 2 unspecified atom stereocenters. The Kier molecular flexibility index (Phi) is 4.74. The maximum absolute atomic E-state index is 12.8. The lowest BCUT2D eigenvalue weighted by molar-refractivity contribution is -0.132. The lowest BCUT2D eigenvalue weighted by Gasteiger charge is -2.25. The standard InChI is InChI=1S/C18H23N3O2/c1-3-15-10-7-11-21(15)17(22)12-16(14-8-5-4-6-9-14)18-20-19-13(2)23-18/h4-6,8-9,15-16H,3,7,10-12H2,1-2H3. The van der Waals surface area contributed by atoms with E-state index in [0.29, 0.717) is 24.2 Å². The summed E-state index contributed by atoms with van der Waals surface area (Å²) >= 11 is 0. The Labute approximate surface area is 136 Å². The fourth-order valence-electron chi connectivity index (χ4n) is 3.37. The molecule has 1 saturated heterocycles. The van der Waals surface area contributed by atoms with Gasteiger partial charge in [0.2, 0.25) is 17.7 Å². The summed E-state index contributed by atoms with van der Waals surface area (Å²) in [5, 5.41) is 8.08. The van der Waals surface area contributed by atoms with Crippen molar-refractivity contribution in [3.05, 3.63) is 47.7 Å². The number of hydrogen-bond donors (Lipinski definition) is 0. The Morgan fingerprint density at radius 2 is 2.13 bits per heavy atom. The van der Waals surface area contributed by atoms with E-state index >= 15 is 0 Å². The fraction of sp³-hybridized carbons (Fsp3) is 0.500. The van der Waals surface area contributed by atoms with E-state index in [1.54, 1.807) is 6.92 Å². The number of amides is 1. The zero-order chi connectivity index (χ0) is 16.2. The van der Waals surface area contributed by atoms with Gasteiger partial charge in [-0.25, -0.2) is 0 Å². The summed E-state index contributed by atoms with van der Waals surface area (Å²) in [4.78, 5) is 14.8. The van der Waals surface area contributed by atoms with Gasteiger partial charge in [-0.3, -0.25) is 4.79 Å². The molecule has 0 N–H and O–H groups in total. The predicted molar refractivity (Wildman–Crippen MR) is 87.0 cm³/mol. The smallest absolute Gasteiger partial charge is 0.224 e. The predicted octanol–water partition coefficient (Wildman–Crippen LogP) is 3.30. The monoisotopic (exact) mass is 313 g/mol. The van der Waals surface area contributed by atoms with Crippen molar-refractivity contribution < 1.29 is 9.21 Å². The van der Waals surface area contributed by atoms with Crippen LogP contribution in [0.3, 0.4) is 0 Å². The minimum absolute atomic E-state index is 0.178. The Morgan fingerprint density at radius 3 is 2.78 bits per heavy atom. The minimum atomic E-state index is -0.178. The molecule has 23 heavy (non-hydrogen) atoms. The largest absolute Gasteiger partial charge is 0.425 e. The van der Waals surface area contributed by atoms with Crippen molar-refractivity contribution in [1.29, 1.82) is 0 Å². The first kappa shape index (κ1) is 15.7. The Hall–Kier alpha value is -2.17. The van der Waals surface area contributed by atoms with Gasteiger partial charge in [-0.1, -0.05) is 37.3 Å². The third-order valence-electron chi connectivity index (χ3n) is 4.59. The van der Waals surface area contributed by atoms with Crippen molar-refractivity contribution in [2.24, 2.45) is 0 Å². The first-order valence-corrected chi connectivity index (χ1v) is 8.33. The normalized spacial score (nSPS) is 19.0. The molecule has 122 valence electrons. The number of benzene rings is 1. The SMILES string of the molecule is CCC1CCCN1C(=O)CC(c1ccccc1)c1nnc(C)o1. The van der Waals surface area contributed by atoms with Gasteiger partial charge >= 0.3 is 0 Å². The Balaban J connectivity index is 1.83. The Morgan fingerprint density at radius 1 is 1.35 bits per heavy atom. The molecule has 2 aromatic rings. The average molecular weight is 313 g/mol. The van der Waals surface area contributed by atoms with Crippen LogP contribution in [0.1, 0.15) is 55.9 Å². The molecule has 0 aliphatic carbocycles. The van der Waals surface area contributed by atoms with E-state index in [9.17, 15) is 4.79 Å². The molecule has 1 aromatic heterocycles. The van der Waals surface area contributed by atoms with Crippen LogP contribution < -0.4 is 0 Å². The van der Waals surface area contributed by atoms with Crippen LogP contribution in [-0.2, 0) is 4.79 Å². The van der Waals surface area contributed by atoms with Gasteiger partial charge in [0, 0.05) is 25.9 Å². The van der Waals surface area contributed by atoms with Crippen molar-refractivity contribution >= 4 is 5.91 Å². The van der Waals surface area contributed by atoms with Crippen molar-refractivity contribution in [3.8, 4) is 0 Å². The molecule has 3 rings (SSSR count). The van der Waals surface area contributed by atoms with E-state index in [0.717, 1.165) is 31.4 Å². The molecule has 1 amide bonds. The Bertz CT molecular complexity index is 653. The quantitative estimate of drug-likeness (QED) is 0.850. The highest BCUT2D eigenvalue weighted by molar-refractivity contribution is 5.78. The number of aryl methyl sites for hydroxylation is 1. The highest BCUT2D eigenvalue weighted by Gasteiger charge is 2.31. The topological polar surface area (TPSA) is 59.2 Å². The van der Waals surface area contributed by atoms with Gasteiger partial charge in [-0.2, -0.15) is 0 Å². The molecule has 2 heterocycles. The van der Waals surface area contributed by atoms with Crippen molar-refractivity contribution in [2.75, 3.05) is 6.54 Å². The summed E-state index contributed by atoms with van der Waals surface area (Å²) in [5.41, 5.74) is 1.04. The summed E-state index contributed by atoms with van der Waals surface area (Å²) in [5.74, 6) is 1.05. The van der Waals surface area contributed by atoms with Crippen molar-refractivity contribution in [2.45, 2.75) is 51.5 Å². The van der Waals surface area contributed by atoms with E-state index in [2.05, 4.69) is 17.1 Å². The highest BCUT2D eigenvalue weighted by Crippen LogP contribution is 2.30. The van der Waals surface area contributed by atoms with Crippen LogP contribution in [-0.4, -0.2) is 33.6 Å². The third-order valence-corrected chi connectivity index (χ3v) is 4.59. The molecule has 1 fully saturated rings. The summed E-state index contributed by atoms with van der Waals surface area (Å²) in [6.45, 7) is 4.78. The van der Waals surface area contributed by atoms with Gasteiger partial charge in [-0.15, -0.1) is 10.2 Å². The lowest BCUT2D eigenvalue weighted by atomic mass is 9.94. The second-order valence-electron chi connectivity index (χ2n) is 6.12. The van der Waals surface area contributed by atoms with Gasteiger partial charge in [0.25, 0.3) is 0 Å². The lowest BCUT2D eigenvalue weighted by Crippen LogP contribution is -2.36. The number of aromatic nitrogens is 2. The fourth-order valence-corrected chi connectivity index (χ4v) is 3.37. The molecule has 1 aliphatic heterocycles. The average Bonchev–Trinajstić information content (AvgIpc) is 3.21. The maximum Gasteiger partial charge on any atom is 0.224 e. The van der Waals surface area contributed by atoms with Crippen LogP contribution >= 0.6 is 0 Å². The first-order chi connectivity index (χ1) is 11.2. The molecular formula is C18H23N3O2. The summed E-state index contributed by atoms with van der Waals surface area (Å²) in [6.07, 6.45) is 3.60. The molecule has 5 nitrogen and oxygen atoms in total. The number of rotatable bonds is 5. The van der Waals surface area contributed by atoms with Crippen LogP contribution in [0.2, 0.25) is 0 Å². The maximum atomic E-state index is 12.8. The van der Waals surface area contributed by atoms with Crippen molar-refractivity contribution in [3.63, 3.8) is 0 Å². The van der Waals surface area contributed by atoms with Crippen LogP contribution in [0.4, 0.5) is 0 Å². The summed E-state index contributed by atoms with van der Waals surface area (Å²) in [6, 6.07) is 10.3. The van der Waals surface area contributed by atoms with Crippen LogP contribution in [0.25, 0.3) is 0 Å². The molecule has 1 aliphatic rings. The van der Waals surface area contributed by atoms with Crippen molar-refractivity contribution in [1.82, 2.24) is 15.1 Å². The molecule has 5 heteroatoms. The van der Waals surface area contributed by atoms with Crippen LogP contribution in [0, 0.1) is 6.92 Å². The van der Waals surface area contributed by atoms with Gasteiger partial charge in [0.05, 0.1) is 5.92 Å². The van der Waals surface area contributed by atoms with E-state index in [1.807, 2.05) is 35.2 Å². The number of nitrogens with zero attached hydrogens (tertiary/aromatic N) is 3. The summed E-state index contributed by atoms with van der Waals surface area (Å²) < 4.78 is 5.62. The molecule has 2 atom stereocenters. The first-order valence-electron chi connectivity index (χ1n) is 8.33. The number of carbonyl (C=O) groups excluding carboxylic acids is 1. The number of carbonyl (C=O) groups is 1. The molecular weight excluding hydrogens is 290 g/mol. The summed E-state index contributed by atoms with van der Waals surface area (Å²) in [7, 11) is 0. The van der Waals surface area contributed by atoms with Gasteiger partial charge in [0.15, 0.2) is 0 Å². The molecule has 0 radical (unpaired) electrons. The van der Waals surface area contributed by atoms with Gasteiger partial charge in [0.1, 0.15) is 0 Å². The van der Waals surface area contributed by atoms with Crippen LogP contribution in [0.15, 0.2) is 34.7 Å². The second-order valence-corrected chi connectivity index (χ2v) is 6.12. The van der Waals surface area contributed by atoms with E-state index in [1.165, 1.54) is 0 Å². The second kappa shape index (κ2) is 6.94. The third kappa shape index (κ3) is 3.44. The van der Waals surface area contributed by atoms with Crippen LogP contribution in [0.5, 0.6) is 0 Å². The van der Waals surface area contributed by atoms with Gasteiger partial charge in [-0.05, 0) is 24.8 Å². The van der Waals surface area contributed by atoms with Gasteiger partial charge < -0.3 is 9.32 Å². The minimum Gasteiger partial charge on any atom is -0.425 e. The molecule has 0 saturated carbocycles. The van der Waals surface area contributed by atoms with E-state index in [-0.39, 0.29) is 11.8 Å².